The number of nitrogens with zero attached hydrogens (tertiary/aromatic N) is 3. The summed E-state index contributed by atoms with van der Waals surface area (Å²) in [5, 5.41) is 6.80. The van der Waals surface area contributed by atoms with Crippen molar-refractivity contribution in [1.29, 1.82) is 0 Å². The molecule has 0 unspecified atom stereocenters. The summed E-state index contributed by atoms with van der Waals surface area (Å²) < 4.78 is 14.7. The van der Waals surface area contributed by atoms with Gasteiger partial charge < -0.3 is 11.1 Å². The molecule has 0 spiro atoms. The third-order valence-electron chi connectivity index (χ3n) is 3.51. The van der Waals surface area contributed by atoms with Crippen LogP contribution in [-0.4, -0.2) is 26.6 Å². The van der Waals surface area contributed by atoms with E-state index in [1.54, 1.807) is 37.5 Å². The first-order valence-corrected chi connectivity index (χ1v) is 7.30. The summed E-state index contributed by atoms with van der Waals surface area (Å²) in [6, 6.07) is 7.80. The molecule has 0 saturated carbocycles. The first-order chi connectivity index (χ1) is 12.0. The minimum atomic E-state index is -0.618. The summed E-state index contributed by atoms with van der Waals surface area (Å²) in [5.41, 5.74) is 6.83. The molecule has 0 aliphatic heterocycles. The Kier molecular flexibility index (Phi) is 4.25. The van der Waals surface area contributed by atoms with Crippen LogP contribution in [-0.2, 0) is 7.05 Å². The highest BCUT2D eigenvalue weighted by Gasteiger charge is 2.18. The minimum absolute atomic E-state index is 0.0554. The van der Waals surface area contributed by atoms with Gasteiger partial charge in [-0.1, -0.05) is 18.2 Å². The van der Waals surface area contributed by atoms with Gasteiger partial charge in [-0.3, -0.25) is 19.3 Å². The van der Waals surface area contributed by atoms with Crippen molar-refractivity contribution in [3.8, 4) is 11.1 Å². The van der Waals surface area contributed by atoms with Gasteiger partial charge in [0.05, 0.1) is 11.8 Å². The Morgan fingerprint density at radius 2 is 1.96 bits per heavy atom. The number of rotatable bonds is 4. The van der Waals surface area contributed by atoms with Gasteiger partial charge in [-0.2, -0.15) is 5.10 Å². The second-order valence-electron chi connectivity index (χ2n) is 5.32. The maximum absolute atomic E-state index is 13.2. The lowest BCUT2D eigenvalue weighted by Crippen LogP contribution is -2.15. The number of hydrogen-bond donors (Lipinski definition) is 2. The normalized spacial score (nSPS) is 10.5. The fourth-order valence-electron chi connectivity index (χ4n) is 2.43. The SMILES string of the molecule is Cn1cc(-c2ccccc2C(N)=O)c(NC(=O)c2cncc(F)c2)n1. The molecule has 0 aliphatic rings. The third-order valence-corrected chi connectivity index (χ3v) is 3.51. The number of nitrogens with two attached hydrogens (primary N) is 1. The molecule has 0 fully saturated rings. The van der Waals surface area contributed by atoms with Crippen molar-refractivity contribution in [1.82, 2.24) is 14.8 Å². The molecule has 1 aromatic carbocycles. The fourth-order valence-corrected chi connectivity index (χ4v) is 2.43. The molecule has 3 aromatic rings. The van der Waals surface area contributed by atoms with E-state index < -0.39 is 17.6 Å². The van der Waals surface area contributed by atoms with Crippen molar-refractivity contribution >= 4 is 17.6 Å². The lowest BCUT2D eigenvalue weighted by Gasteiger charge is -2.08. The van der Waals surface area contributed by atoms with Crippen LogP contribution < -0.4 is 11.1 Å². The number of benzene rings is 1. The number of amides is 2. The molecule has 2 amide bonds. The van der Waals surface area contributed by atoms with Gasteiger partial charge in [-0.05, 0) is 17.7 Å². The highest BCUT2D eigenvalue weighted by atomic mass is 19.1. The summed E-state index contributed by atoms with van der Waals surface area (Å²) in [5.74, 6) is -1.55. The number of aromatic nitrogens is 3. The van der Waals surface area contributed by atoms with Gasteiger partial charge >= 0.3 is 0 Å². The van der Waals surface area contributed by atoms with E-state index >= 15 is 0 Å². The Labute approximate surface area is 142 Å². The van der Waals surface area contributed by atoms with Crippen LogP contribution in [0.5, 0.6) is 0 Å². The second kappa shape index (κ2) is 6.52. The van der Waals surface area contributed by atoms with Crippen LogP contribution in [0.3, 0.4) is 0 Å². The van der Waals surface area contributed by atoms with Gasteiger partial charge in [0.1, 0.15) is 5.82 Å². The molecule has 0 radical (unpaired) electrons. The van der Waals surface area contributed by atoms with E-state index in [1.807, 2.05) is 0 Å². The molecule has 25 heavy (non-hydrogen) atoms. The Morgan fingerprint density at radius 3 is 2.68 bits per heavy atom. The highest BCUT2D eigenvalue weighted by molar-refractivity contribution is 6.07. The standard InChI is InChI=1S/C17H14FN5O2/c1-23-9-14(12-4-2-3-5-13(12)15(19)24)16(22-23)21-17(25)10-6-11(18)8-20-7-10/h2-9H,1H3,(H2,19,24)(H,21,22,25). The molecule has 126 valence electrons. The number of anilines is 1. The quantitative estimate of drug-likeness (QED) is 0.758. The van der Waals surface area contributed by atoms with Crippen LogP contribution in [0.2, 0.25) is 0 Å². The largest absolute Gasteiger partial charge is 0.366 e. The Hall–Kier alpha value is -3.55. The second-order valence-corrected chi connectivity index (χ2v) is 5.32. The predicted octanol–water partition coefficient (Wildman–Crippen LogP) is 1.97. The molecule has 0 aliphatic carbocycles. The molecule has 3 N–H and O–H groups in total. The molecule has 0 atom stereocenters. The van der Waals surface area contributed by atoms with E-state index in [0.29, 0.717) is 16.7 Å². The molecule has 0 bridgehead atoms. The Bertz CT molecular complexity index is 967. The third kappa shape index (κ3) is 3.37. The monoisotopic (exact) mass is 339 g/mol. The molecular formula is C17H14FN5O2. The van der Waals surface area contributed by atoms with Gasteiger partial charge in [-0.25, -0.2) is 4.39 Å². The smallest absolute Gasteiger partial charge is 0.258 e. The zero-order valence-corrected chi connectivity index (χ0v) is 13.2. The molecule has 3 rings (SSSR count). The van der Waals surface area contributed by atoms with E-state index in [2.05, 4.69) is 15.4 Å². The molecule has 0 saturated heterocycles. The van der Waals surface area contributed by atoms with Crippen molar-refractivity contribution in [3.05, 3.63) is 65.9 Å². The van der Waals surface area contributed by atoms with E-state index in [1.165, 1.54) is 10.9 Å². The Morgan fingerprint density at radius 1 is 1.20 bits per heavy atom. The van der Waals surface area contributed by atoms with Crippen LogP contribution in [0, 0.1) is 5.82 Å². The average Bonchev–Trinajstić information content (AvgIpc) is 2.95. The zero-order valence-electron chi connectivity index (χ0n) is 13.2. The van der Waals surface area contributed by atoms with Crippen LogP contribution >= 0.6 is 0 Å². The van der Waals surface area contributed by atoms with Crippen LogP contribution in [0.25, 0.3) is 11.1 Å². The van der Waals surface area contributed by atoms with Crippen molar-refractivity contribution in [3.63, 3.8) is 0 Å². The molecule has 7 nitrogen and oxygen atoms in total. The van der Waals surface area contributed by atoms with Crippen molar-refractivity contribution in [2.75, 3.05) is 5.32 Å². The number of halogens is 1. The van der Waals surface area contributed by atoms with E-state index in [9.17, 15) is 14.0 Å². The van der Waals surface area contributed by atoms with Crippen molar-refractivity contribution < 1.29 is 14.0 Å². The number of carbonyl (C=O) groups is 2. The predicted molar refractivity (Wildman–Crippen MR) is 89.3 cm³/mol. The van der Waals surface area contributed by atoms with Crippen molar-refractivity contribution in [2.24, 2.45) is 12.8 Å². The summed E-state index contributed by atoms with van der Waals surface area (Å²) >= 11 is 0. The Balaban J connectivity index is 2.00. The number of carbonyl (C=O) groups excluding carboxylic acids is 2. The first kappa shape index (κ1) is 16.3. The zero-order chi connectivity index (χ0) is 18.0. The van der Waals surface area contributed by atoms with Crippen molar-refractivity contribution in [2.45, 2.75) is 0 Å². The van der Waals surface area contributed by atoms with Crippen LogP contribution in [0.4, 0.5) is 10.2 Å². The molecule has 8 heteroatoms. The number of hydrogen-bond acceptors (Lipinski definition) is 4. The molecular weight excluding hydrogens is 325 g/mol. The topological polar surface area (TPSA) is 103 Å². The fraction of sp³-hybridized carbons (Fsp3) is 0.0588. The number of pyridine rings is 1. The van der Waals surface area contributed by atoms with Gasteiger partial charge in [0.25, 0.3) is 5.91 Å². The number of primary amides is 1. The van der Waals surface area contributed by atoms with Gasteiger partial charge in [0.15, 0.2) is 5.82 Å². The maximum Gasteiger partial charge on any atom is 0.258 e. The van der Waals surface area contributed by atoms with E-state index in [4.69, 9.17) is 5.73 Å². The maximum atomic E-state index is 13.2. The van der Waals surface area contributed by atoms with Crippen LogP contribution in [0.1, 0.15) is 20.7 Å². The summed E-state index contributed by atoms with van der Waals surface area (Å²) in [6.07, 6.45) is 3.91. The molecule has 2 aromatic heterocycles. The number of nitrogens with one attached hydrogen (secondary N) is 1. The lowest BCUT2D eigenvalue weighted by atomic mass is 10.0. The summed E-state index contributed by atoms with van der Waals surface area (Å²) in [7, 11) is 1.68. The van der Waals surface area contributed by atoms with Crippen LogP contribution in [0.15, 0.2) is 48.9 Å². The van der Waals surface area contributed by atoms with Gasteiger partial charge in [0, 0.05) is 30.6 Å². The lowest BCUT2D eigenvalue weighted by molar-refractivity contribution is 0.0998. The van der Waals surface area contributed by atoms with E-state index in [-0.39, 0.29) is 11.4 Å². The first-order valence-electron chi connectivity index (χ1n) is 7.30. The molecule has 2 heterocycles. The minimum Gasteiger partial charge on any atom is -0.366 e. The van der Waals surface area contributed by atoms with Gasteiger partial charge in [0.2, 0.25) is 5.91 Å². The summed E-state index contributed by atoms with van der Waals surface area (Å²) in [4.78, 5) is 27.6. The van der Waals surface area contributed by atoms with Gasteiger partial charge in [-0.15, -0.1) is 0 Å². The highest BCUT2D eigenvalue weighted by Crippen LogP contribution is 2.30. The number of aryl methyl sites for hydroxylation is 1. The average molecular weight is 339 g/mol. The van der Waals surface area contributed by atoms with E-state index in [0.717, 1.165) is 12.3 Å². The summed E-state index contributed by atoms with van der Waals surface area (Å²) in [6.45, 7) is 0.